The summed E-state index contributed by atoms with van der Waals surface area (Å²) in [4.78, 5) is 19.6. The van der Waals surface area contributed by atoms with Crippen LogP contribution in [-0.4, -0.2) is 15.9 Å². The Morgan fingerprint density at radius 1 is 1.06 bits per heavy atom. The molecule has 0 bridgehead atoms. The summed E-state index contributed by atoms with van der Waals surface area (Å²) in [6.07, 6.45) is 2.02. The smallest absolute Gasteiger partial charge is 0.346 e. The molecule has 0 aliphatic heterocycles. The van der Waals surface area contributed by atoms with Gasteiger partial charge in [0.15, 0.2) is 0 Å². The lowest BCUT2D eigenvalue weighted by Gasteiger charge is -2.12. The van der Waals surface area contributed by atoms with E-state index in [1.807, 2.05) is 42.6 Å². The SMILES string of the molecule is Cc1ccc(NC(=O)/C=C/c2cccc(-c3cnc4[nH]ccc4c3)c2)cc1C(F)(F)F. The lowest BCUT2D eigenvalue weighted by atomic mass is 10.0. The third-order valence-electron chi connectivity index (χ3n) is 4.86. The first-order valence-corrected chi connectivity index (χ1v) is 9.50. The highest BCUT2D eigenvalue weighted by Gasteiger charge is 2.32. The highest BCUT2D eigenvalue weighted by atomic mass is 19.4. The Kier molecular flexibility index (Phi) is 5.33. The zero-order valence-corrected chi connectivity index (χ0v) is 16.5. The number of alkyl halides is 3. The molecule has 2 heterocycles. The molecule has 4 rings (SSSR count). The number of aryl methyl sites for hydroxylation is 1. The monoisotopic (exact) mass is 421 g/mol. The van der Waals surface area contributed by atoms with E-state index in [-0.39, 0.29) is 11.3 Å². The molecule has 0 unspecified atom stereocenters. The number of hydrogen-bond donors (Lipinski definition) is 2. The summed E-state index contributed by atoms with van der Waals surface area (Å²) in [5.41, 5.74) is 2.88. The second-order valence-corrected chi connectivity index (χ2v) is 7.12. The summed E-state index contributed by atoms with van der Waals surface area (Å²) in [5, 5.41) is 3.47. The van der Waals surface area contributed by atoms with Crippen LogP contribution in [-0.2, 0) is 11.0 Å². The standard InChI is InChI=1S/C24H18F3N3O/c1-15-5-7-20(13-21(15)24(25,26)27)30-22(31)8-6-16-3-2-4-17(11-16)19-12-18-9-10-28-23(18)29-14-19/h2-14H,1H3,(H,28,29)(H,30,31)/b8-6+. The molecule has 7 heteroatoms. The minimum absolute atomic E-state index is 0.0900. The second kappa shape index (κ2) is 8.10. The van der Waals surface area contributed by atoms with Crippen molar-refractivity contribution in [1.29, 1.82) is 0 Å². The first-order chi connectivity index (χ1) is 14.8. The fraction of sp³-hybridized carbons (Fsp3) is 0.0833. The third-order valence-corrected chi connectivity index (χ3v) is 4.86. The van der Waals surface area contributed by atoms with Crippen LogP contribution in [0.25, 0.3) is 28.2 Å². The number of rotatable bonds is 4. The molecule has 1 amide bonds. The van der Waals surface area contributed by atoms with Crippen LogP contribution in [0.5, 0.6) is 0 Å². The van der Waals surface area contributed by atoms with Crippen molar-refractivity contribution >= 4 is 28.7 Å². The number of carbonyl (C=O) groups is 1. The number of amides is 1. The number of pyridine rings is 1. The summed E-state index contributed by atoms with van der Waals surface area (Å²) in [6.45, 7) is 1.38. The maximum atomic E-state index is 13.0. The highest BCUT2D eigenvalue weighted by molar-refractivity contribution is 6.02. The molecule has 0 atom stereocenters. The molecule has 4 nitrogen and oxygen atoms in total. The van der Waals surface area contributed by atoms with E-state index < -0.39 is 17.6 Å². The zero-order chi connectivity index (χ0) is 22.0. The number of anilines is 1. The summed E-state index contributed by atoms with van der Waals surface area (Å²) >= 11 is 0. The summed E-state index contributed by atoms with van der Waals surface area (Å²) in [6, 6.07) is 15.2. The van der Waals surface area contributed by atoms with E-state index in [0.717, 1.165) is 33.8 Å². The van der Waals surface area contributed by atoms with Crippen molar-refractivity contribution in [1.82, 2.24) is 9.97 Å². The van der Waals surface area contributed by atoms with E-state index >= 15 is 0 Å². The highest BCUT2D eigenvalue weighted by Crippen LogP contribution is 2.33. The number of aromatic amines is 1. The van der Waals surface area contributed by atoms with Crippen molar-refractivity contribution < 1.29 is 18.0 Å². The fourth-order valence-electron chi connectivity index (χ4n) is 3.28. The Labute approximate surface area is 176 Å². The van der Waals surface area contributed by atoms with Crippen molar-refractivity contribution in [3.63, 3.8) is 0 Å². The number of hydrogen-bond acceptors (Lipinski definition) is 2. The van der Waals surface area contributed by atoms with Crippen molar-refractivity contribution in [2.45, 2.75) is 13.1 Å². The quantitative estimate of drug-likeness (QED) is 0.385. The zero-order valence-electron chi connectivity index (χ0n) is 16.5. The van der Waals surface area contributed by atoms with Gasteiger partial charge in [0.25, 0.3) is 0 Å². The van der Waals surface area contributed by atoms with Gasteiger partial charge < -0.3 is 10.3 Å². The Hall–Kier alpha value is -3.87. The van der Waals surface area contributed by atoms with Gasteiger partial charge in [-0.25, -0.2) is 4.98 Å². The third kappa shape index (κ3) is 4.66. The summed E-state index contributed by atoms with van der Waals surface area (Å²) < 4.78 is 39.1. The predicted octanol–water partition coefficient (Wildman–Crippen LogP) is 6.21. The van der Waals surface area contributed by atoms with Crippen molar-refractivity contribution in [2.24, 2.45) is 0 Å². The summed E-state index contributed by atoms with van der Waals surface area (Å²) in [5.74, 6) is -0.516. The number of benzene rings is 2. The maximum Gasteiger partial charge on any atom is 0.416 e. The molecule has 0 saturated carbocycles. The normalized spacial score (nSPS) is 11.9. The van der Waals surface area contributed by atoms with Crippen LogP contribution in [0.15, 0.2) is 73.1 Å². The van der Waals surface area contributed by atoms with Crippen LogP contribution in [0.2, 0.25) is 0 Å². The van der Waals surface area contributed by atoms with E-state index in [2.05, 4.69) is 15.3 Å². The first-order valence-electron chi connectivity index (χ1n) is 9.50. The molecule has 0 saturated heterocycles. The van der Waals surface area contributed by atoms with E-state index in [4.69, 9.17) is 0 Å². The number of nitrogens with zero attached hydrogens (tertiary/aromatic N) is 1. The number of fused-ring (bicyclic) bond motifs is 1. The number of nitrogens with one attached hydrogen (secondary N) is 2. The van der Waals surface area contributed by atoms with Gasteiger partial charge in [0.05, 0.1) is 5.56 Å². The topological polar surface area (TPSA) is 57.8 Å². The van der Waals surface area contributed by atoms with Gasteiger partial charge in [0, 0.05) is 35.1 Å². The molecule has 2 N–H and O–H groups in total. The van der Waals surface area contributed by atoms with Crippen molar-refractivity contribution in [2.75, 3.05) is 5.32 Å². The average Bonchev–Trinajstić information content (AvgIpc) is 3.21. The summed E-state index contributed by atoms with van der Waals surface area (Å²) in [7, 11) is 0. The fourth-order valence-corrected chi connectivity index (χ4v) is 3.28. The molecule has 156 valence electrons. The maximum absolute atomic E-state index is 13.0. The lowest BCUT2D eigenvalue weighted by Crippen LogP contribution is -2.11. The molecular formula is C24H18F3N3O. The molecule has 2 aromatic heterocycles. The lowest BCUT2D eigenvalue weighted by molar-refractivity contribution is -0.138. The van der Waals surface area contributed by atoms with E-state index in [1.54, 1.807) is 12.3 Å². The second-order valence-electron chi connectivity index (χ2n) is 7.12. The molecular weight excluding hydrogens is 403 g/mol. The van der Waals surface area contributed by atoms with Crippen molar-refractivity contribution in [3.05, 3.63) is 89.8 Å². The van der Waals surface area contributed by atoms with Crippen LogP contribution in [0, 0.1) is 6.92 Å². The minimum atomic E-state index is -4.47. The molecule has 4 aromatic rings. The molecule has 0 spiro atoms. The number of aromatic nitrogens is 2. The Morgan fingerprint density at radius 3 is 2.71 bits per heavy atom. The van der Waals surface area contributed by atoms with Crippen LogP contribution in [0.3, 0.4) is 0 Å². The van der Waals surface area contributed by atoms with Crippen LogP contribution in [0.1, 0.15) is 16.7 Å². The molecule has 0 fully saturated rings. The Balaban J connectivity index is 1.50. The first kappa shape index (κ1) is 20.4. The van der Waals surface area contributed by atoms with Gasteiger partial charge in [-0.1, -0.05) is 24.3 Å². The van der Waals surface area contributed by atoms with E-state index in [9.17, 15) is 18.0 Å². The van der Waals surface area contributed by atoms with Gasteiger partial charge in [0.2, 0.25) is 5.91 Å². The minimum Gasteiger partial charge on any atom is -0.346 e. The Bertz CT molecular complexity index is 1290. The molecule has 0 aliphatic rings. The molecule has 31 heavy (non-hydrogen) atoms. The van der Waals surface area contributed by atoms with Crippen molar-refractivity contribution in [3.8, 4) is 11.1 Å². The van der Waals surface area contributed by atoms with Crippen LogP contribution in [0.4, 0.5) is 18.9 Å². The van der Waals surface area contributed by atoms with E-state index in [1.165, 1.54) is 25.1 Å². The number of carbonyl (C=O) groups excluding carboxylic acids is 1. The predicted molar refractivity (Wildman–Crippen MR) is 115 cm³/mol. The molecule has 0 radical (unpaired) electrons. The number of H-pyrrole nitrogens is 1. The molecule has 2 aromatic carbocycles. The largest absolute Gasteiger partial charge is 0.416 e. The van der Waals surface area contributed by atoms with E-state index in [0.29, 0.717) is 0 Å². The number of halogens is 3. The van der Waals surface area contributed by atoms with Gasteiger partial charge in [0.1, 0.15) is 5.65 Å². The average molecular weight is 421 g/mol. The van der Waals surface area contributed by atoms with Gasteiger partial charge in [-0.3, -0.25) is 4.79 Å². The molecule has 0 aliphatic carbocycles. The van der Waals surface area contributed by atoms with Gasteiger partial charge in [-0.05, 0) is 60.0 Å². The Morgan fingerprint density at radius 2 is 1.90 bits per heavy atom. The van der Waals surface area contributed by atoms with Crippen LogP contribution < -0.4 is 5.32 Å². The van der Waals surface area contributed by atoms with Gasteiger partial charge in [-0.2, -0.15) is 13.2 Å². The van der Waals surface area contributed by atoms with Gasteiger partial charge >= 0.3 is 6.18 Å². The van der Waals surface area contributed by atoms with Gasteiger partial charge in [-0.15, -0.1) is 0 Å². The van der Waals surface area contributed by atoms with Crippen LogP contribution >= 0.6 is 0 Å².